The molecule has 0 aliphatic carbocycles. The molecular weight excluding hydrogens is 384 g/mol. The standard InChI is InChI=1S/C19H18N2O8/c1-10-11(2)18-16(12(3)17(10)21(26)27)15(22)8-19(23,29-18)9-28-14-6-4-13(5-7-14)20(24)25/h4-7,23H,8-9H2,1-3H3. The molecule has 10 nitrogen and oxygen atoms in total. The van der Waals surface area contributed by atoms with E-state index in [2.05, 4.69) is 0 Å². The summed E-state index contributed by atoms with van der Waals surface area (Å²) in [5, 5.41) is 32.8. The second-order valence-electron chi connectivity index (χ2n) is 6.87. The van der Waals surface area contributed by atoms with Crippen molar-refractivity contribution in [1.29, 1.82) is 0 Å². The van der Waals surface area contributed by atoms with E-state index >= 15 is 0 Å². The second kappa shape index (κ2) is 7.13. The molecule has 10 heteroatoms. The van der Waals surface area contributed by atoms with Crippen LogP contribution in [0.3, 0.4) is 0 Å². The smallest absolute Gasteiger partial charge is 0.276 e. The van der Waals surface area contributed by atoms with Gasteiger partial charge in [-0.05, 0) is 32.9 Å². The van der Waals surface area contributed by atoms with E-state index in [-0.39, 0.29) is 34.0 Å². The first-order valence-electron chi connectivity index (χ1n) is 8.64. The average molecular weight is 402 g/mol. The van der Waals surface area contributed by atoms with Gasteiger partial charge in [0.2, 0.25) is 5.79 Å². The van der Waals surface area contributed by atoms with Crippen LogP contribution < -0.4 is 9.47 Å². The predicted octanol–water partition coefficient (Wildman–Crippen LogP) is 3.16. The van der Waals surface area contributed by atoms with E-state index in [1.165, 1.54) is 31.2 Å². The van der Waals surface area contributed by atoms with Gasteiger partial charge in [-0.3, -0.25) is 25.0 Å². The Bertz CT molecular complexity index is 1030. The maximum absolute atomic E-state index is 12.7. The van der Waals surface area contributed by atoms with Crippen LogP contribution in [0.1, 0.15) is 33.5 Å². The molecule has 0 saturated carbocycles. The molecule has 0 bridgehead atoms. The Kier molecular flexibility index (Phi) is 4.97. The monoisotopic (exact) mass is 402 g/mol. The number of benzene rings is 2. The fourth-order valence-electron chi connectivity index (χ4n) is 3.35. The number of non-ortho nitro benzene ring substituents is 1. The number of nitro groups is 2. The number of carbonyl (C=O) groups is 1. The fraction of sp³-hybridized carbons (Fsp3) is 0.316. The van der Waals surface area contributed by atoms with E-state index in [1.807, 2.05) is 0 Å². The van der Waals surface area contributed by atoms with Gasteiger partial charge < -0.3 is 14.6 Å². The summed E-state index contributed by atoms with van der Waals surface area (Å²) in [6, 6.07) is 5.22. The third-order valence-electron chi connectivity index (χ3n) is 4.92. The maximum atomic E-state index is 12.7. The summed E-state index contributed by atoms with van der Waals surface area (Å²) in [6.45, 7) is 4.19. The second-order valence-corrected chi connectivity index (χ2v) is 6.87. The Hall–Kier alpha value is -3.53. The largest absolute Gasteiger partial charge is 0.487 e. The summed E-state index contributed by atoms with van der Waals surface area (Å²) in [7, 11) is 0. The molecule has 0 amide bonds. The van der Waals surface area contributed by atoms with Crippen molar-refractivity contribution in [2.24, 2.45) is 0 Å². The lowest BCUT2D eigenvalue weighted by atomic mass is 9.89. The lowest BCUT2D eigenvalue weighted by molar-refractivity contribution is -0.386. The van der Waals surface area contributed by atoms with Crippen molar-refractivity contribution in [3.05, 3.63) is 66.7 Å². The van der Waals surface area contributed by atoms with Crippen LogP contribution in [-0.4, -0.2) is 33.1 Å². The van der Waals surface area contributed by atoms with Crippen LogP contribution in [0.5, 0.6) is 11.5 Å². The van der Waals surface area contributed by atoms with E-state index in [1.54, 1.807) is 13.8 Å². The van der Waals surface area contributed by atoms with Gasteiger partial charge >= 0.3 is 0 Å². The number of ketones is 1. The summed E-state index contributed by atoms with van der Waals surface area (Å²) in [6.07, 6.45) is -0.451. The fourth-order valence-corrected chi connectivity index (χ4v) is 3.35. The number of Topliss-reactive ketones (excluding diaryl/α,β-unsaturated/α-hetero) is 1. The molecule has 1 N–H and O–H groups in total. The van der Waals surface area contributed by atoms with Crippen molar-refractivity contribution in [3.8, 4) is 11.5 Å². The van der Waals surface area contributed by atoms with E-state index in [4.69, 9.17) is 9.47 Å². The van der Waals surface area contributed by atoms with Gasteiger partial charge in [0.15, 0.2) is 12.4 Å². The number of nitro benzene ring substituents is 2. The summed E-state index contributed by atoms with van der Waals surface area (Å²) < 4.78 is 11.1. The molecule has 2 aromatic rings. The molecule has 0 saturated heterocycles. The maximum Gasteiger partial charge on any atom is 0.276 e. The summed E-state index contributed by atoms with van der Waals surface area (Å²) in [5.74, 6) is -2.13. The summed E-state index contributed by atoms with van der Waals surface area (Å²) in [5.41, 5.74) is 0.748. The number of carbonyl (C=O) groups excluding carboxylic acids is 1. The third kappa shape index (κ3) is 3.61. The molecule has 1 heterocycles. The molecule has 2 aromatic carbocycles. The Morgan fingerprint density at radius 3 is 2.24 bits per heavy atom. The van der Waals surface area contributed by atoms with Crippen LogP contribution in [0.15, 0.2) is 24.3 Å². The van der Waals surface area contributed by atoms with Crippen LogP contribution in [0.25, 0.3) is 0 Å². The number of ether oxygens (including phenoxy) is 2. The van der Waals surface area contributed by atoms with Crippen LogP contribution in [0.2, 0.25) is 0 Å². The minimum atomic E-state index is -1.98. The molecule has 0 spiro atoms. The first-order valence-corrected chi connectivity index (χ1v) is 8.64. The first-order chi connectivity index (χ1) is 13.5. The lowest BCUT2D eigenvalue weighted by Gasteiger charge is -2.34. The molecular formula is C19H18N2O8. The molecule has 1 atom stereocenters. The van der Waals surface area contributed by atoms with Crippen LogP contribution in [-0.2, 0) is 0 Å². The van der Waals surface area contributed by atoms with Gasteiger partial charge in [-0.25, -0.2) is 0 Å². The molecule has 29 heavy (non-hydrogen) atoms. The van der Waals surface area contributed by atoms with E-state index < -0.39 is 34.4 Å². The highest BCUT2D eigenvalue weighted by atomic mass is 16.7. The Morgan fingerprint density at radius 2 is 1.69 bits per heavy atom. The number of fused-ring (bicyclic) bond motifs is 1. The number of aliphatic hydroxyl groups is 1. The quantitative estimate of drug-likeness (QED) is 0.593. The summed E-state index contributed by atoms with van der Waals surface area (Å²) in [4.78, 5) is 33.7. The summed E-state index contributed by atoms with van der Waals surface area (Å²) >= 11 is 0. The van der Waals surface area contributed by atoms with Crippen molar-refractivity contribution < 1.29 is 29.2 Å². The zero-order valence-electron chi connectivity index (χ0n) is 15.9. The van der Waals surface area contributed by atoms with Gasteiger partial charge in [-0.1, -0.05) is 0 Å². The molecule has 1 aliphatic rings. The van der Waals surface area contributed by atoms with Crippen molar-refractivity contribution in [2.75, 3.05) is 6.61 Å². The van der Waals surface area contributed by atoms with E-state index in [0.717, 1.165) is 0 Å². The van der Waals surface area contributed by atoms with Crippen LogP contribution >= 0.6 is 0 Å². The SMILES string of the molecule is Cc1c(C)c([N+](=O)[O-])c(C)c2c1OC(O)(COc1ccc([N+](=O)[O-])cc1)CC2=O. The molecule has 1 aliphatic heterocycles. The zero-order chi connectivity index (χ0) is 21.5. The normalized spacial score (nSPS) is 18.0. The molecule has 1 unspecified atom stereocenters. The average Bonchev–Trinajstić information content (AvgIpc) is 2.64. The van der Waals surface area contributed by atoms with Crippen molar-refractivity contribution in [1.82, 2.24) is 0 Å². The molecule has 0 fully saturated rings. The topological polar surface area (TPSA) is 142 Å². The van der Waals surface area contributed by atoms with Gasteiger partial charge in [0.25, 0.3) is 11.4 Å². The first kappa shape index (κ1) is 20.2. The third-order valence-corrected chi connectivity index (χ3v) is 4.92. The number of rotatable bonds is 5. The van der Waals surface area contributed by atoms with Gasteiger partial charge in [-0.2, -0.15) is 0 Å². The Balaban J connectivity index is 1.89. The van der Waals surface area contributed by atoms with Gasteiger partial charge in [0.1, 0.15) is 11.5 Å². The minimum absolute atomic E-state index is 0.0832. The van der Waals surface area contributed by atoms with Crippen molar-refractivity contribution in [2.45, 2.75) is 33.0 Å². The number of hydrogen-bond acceptors (Lipinski definition) is 8. The highest BCUT2D eigenvalue weighted by Gasteiger charge is 2.43. The molecule has 0 aromatic heterocycles. The number of nitrogens with zero attached hydrogens (tertiary/aromatic N) is 2. The van der Waals surface area contributed by atoms with Gasteiger partial charge in [-0.15, -0.1) is 0 Å². The van der Waals surface area contributed by atoms with Crippen LogP contribution in [0, 0.1) is 41.0 Å². The van der Waals surface area contributed by atoms with Crippen molar-refractivity contribution in [3.63, 3.8) is 0 Å². The Labute approximate surface area is 165 Å². The van der Waals surface area contributed by atoms with Crippen molar-refractivity contribution >= 4 is 17.2 Å². The highest BCUT2D eigenvalue weighted by Crippen LogP contribution is 2.43. The zero-order valence-corrected chi connectivity index (χ0v) is 15.9. The minimum Gasteiger partial charge on any atom is -0.487 e. The van der Waals surface area contributed by atoms with E-state index in [0.29, 0.717) is 11.1 Å². The molecule has 3 rings (SSSR count). The van der Waals surface area contributed by atoms with Gasteiger partial charge in [0.05, 0.1) is 21.8 Å². The Morgan fingerprint density at radius 1 is 1.07 bits per heavy atom. The number of hydrogen-bond donors (Lipinski definition) is 1. The lowest BCUT2D eigenvalue weighted by Crippen LogP contribution is -2.47. The molecule has 152 valence electrons. The van der Waals surface area contributed by atoms with E-state index in [9.17, 15) is 30.1 Å². The highest BCUT2D eigenvalue weighted by molar-refractivity contribution is 6.03. The van der Waals surface area contributed by atoms with Crippen LogP contribution in [0.4, 0.5) is 11.4 Å². The van der Waals surface area contributed by atoms with Gasteiger partial charge in [0, 0.05) is 28.8 Å². The molecule has 0 radical (unpaired) electrons. The predicted molar refractivity (Wildman–Crippen MR) is 100 cm³/mol.